The molecule has 0 radical (unpaired) electrons. The Balaban J connectivity index is 2.18. The van der Waals surface area contributed by atoms with Gasteiger partial charge in [-0.25, -0.2) is 4.79 Å². The van der Waals surface area contributed by atoms with Gasteiger partial charge in [-0.1, -0.05) is 0 Å². The van der Waals surface area contributed by atoms with Crippen LogP contribution in [0, 0.1) is 6.92 Å². The molecule has 92 valence electrons. The number of hydrogen-bond donors (Lipinski definition) is 2. The first-order valence-electron chi connectivity index (χ1n) is 5.27. The Morgan fingerprint density at radius 1 is 1.28 bits per heavy atom. The SMILES string of the molecule is Cc1cc(NC(=O)c2ccco2)ccc1C(=O)O. The van der Waals surface area contributed by atoms with Crippen LogP contribution in [-0.2, 0) is 0 Å². The standard InChI is InChI=1S/C13H11NO4/c1-8-7-9(4-5-10(8)13(16)17)14-12(15)11-3-2-6-18-11/h2-7H,1H3,(H,14,15)(H,16,17). The zero-order chi connectivity index (χ0) is 13.1. The Kier molecular flexibility index (Phi) is 3.14. The van der Waals surface area contributed by atoms with Crippen molar-refractivity contribution in [2.45, 2.75) is 6.92 Å². The zero-order valence-corrected chi connectivity index (χ0v) is 9.64. The number of anilines is 1. The van der Waals surface area contributed by atoms with Crippen molar-refractivity contribution in [1.29, 1.82) is 0 Å². The molecule has 1 aromatic heterocycles. The van der Waals surface area contributed by atoms with Crippen molar-refractivity contribution in [2.75, 3.05) is 5.32 Å². The molecule has 0 saturated carbocycles. The third kappa shape index (κ3) is 2.40. The monoisotopic (exact) mass is 245 g/mol. The molecule has 0 bridgehead atoms. The lowest BCUT2D eigenvalue weighted by atomic mass is 10.1. The van der Waals surface area contributed by atoms with E-state index in [0.717, 1.165) is 0 Å². The molecule has 0 aliphatic carbocycles. The highest BCUT2D eigenvalue weighted by molar-refractivity contribution is 6.02. The van der Waals surface area contributed by atoms with Gasteiger partial charge < -0.3 is 14.8 Å². The summed E-state index contributed by atoms with van der Waals surface area (Å²) in [4.78, 5) is 22.5. The minimum Gasteiger partial charge on any atom is -0.478 e. The number of carbonyl (C=O) groups excluding carboxylic acids is 1. The molecule has 2 aromatic rings. The number of carboxylic acid groups (broad SMARTS) is 1. The van der Waals surface area contributed by atoms with Gasteiger partial charge in [0, 0.05) is 5.69 Å². The van der Waals surface area contributed by atoms with Crippen LogP contribution < -0.4 is 5.32 Å². The third-order valence-corrected chi connectivity index (χ3v) is 2.46. The second-order valence-electron chi connectivity index (χ2n) is 3.77. The largest absolute Gasteiger partial charge is 0.478 e. The van der Waals surface area contributed by atoms with Crippen molar-refractivity contribution in [3.63, 3.8) is 0 Å². The molecule has 0 saturated heterocycles. The van der Waals surface area contributed by atoms with Gasteiger partial charge in [-0.3, -0.25) is 4.79 Å². The van der Waals surface area contributed by atoms with E-state index < -0.39 is 5.97 Å². The van der Waals surface area contributed by atoms with Gasteiger partial charge in [-0.2, -0.15) is 0 Å². The van der Waals surface area contributed by atoms with Crippen molar-refractivity contribution in [3.8, 4) is 0 Å². The molecule has 0 aliphatic rings. The van der Waals surface area contributed by atoms with Crippen LogP contribution in [0.2, 0.25) is 0 Å². The Bertz CT molecular complexity index is 587. The van der Waals surface area contributed by atoms with Gasteiger partial charge in [0.05, 0.1) is 11.8 Å². The number of aryl methyl sites for hydroxylation is 1. The van der Waals surface area contributed by atoms with Gasteiger partial charge in [0.15, 0.2) is 5.76 Å². The zero-order valence-electron chi connectivity index (χ0n) is 9.64. The maximum Gasteiger partial charge on any atom is 0.335 e. The lowest BCUT2D eigenvalue weighted by Gasteiger charge is -2.06. The fraction of sp³-hybridized carbons (Fsp3) is 0.0769. The van der Waals surface area contributed by atoms with Crippen molar-refractivity contribution < 1.29 is 19.1 Å². The molecule has 0 aliphatic heterocycles. The van der Waals surface area contributed by atoms with E-state index in [1.807, 2.05) is 0 Å². The normalized spacial score (nSPS) is 10.1. The average molecular weight is 245 g/mol. The molecule has 1 aromatic carbocycles. The van der Waals surface area contributed by atoms with E-state index in [1.165, 1.54) is 18.4 Å². The lowest BCUT2D eigenvalue weighted by molar-refractivity contribution is 0.0696. The minimum absolute atomic E-state index is 0.204. The second kappa shape index (κ2) is 4.75. The summed E-state index contributed by atoms with van der Waals surface area (Å²) in [7, 11) is 0. The number of carboxylic acids is 1. The van der Waals surface area contributed by atoms with Gasteiger partial charge in [0.25, 0.3) is 5.91 Å². The molecule has 0 spiro atoms. The minimum atomic E-state index is -0.989. The fourth-order valence-electron chi connectivity index (χ4n) is 1.58. The molecule has 18 heavy (non-hydrogen) atoms. The quantitative estimate of drug-likeness (QED) is 0.870. The highest BCUT2D eigenvalue weighted by atomic mass is 16.4. The van der Waals surface area contributed by atoms with E-state index in [1.54, 1.807) is 25.1 Å². The molecule has 1 heterocycles. The number of hydrogen-bond acceptors (Lipinski definition) is 3. The maximum absolute atomic E-state index is 11.7. The summed E-state index contributed by atoms with van der Waals surface area (Å²) >= 11 is 0. The molecular weight excluding hydrogens is 234 g/mol. The van der Waals surface area contributed by atoms with Crippen LogP contribution in [0.1, 0.15) is 26.5 Å². The third-order valence-electron chi connectivity index (χ3n) is 2.46. The van der Waals surface area contributed by atoms with E-state index in [2.05, 4.69) is 5.32 Å². The molecular formula is C13H11NO4. The summed E-state index contributed by atoms with van der Waals surface area (Å²) in [5.74, 6) is -1.16. The smallest absolute Gasteiger partial charge is 0.335 e. The van der Waals surface area contributed by atoms with Gasteiger partial charge in [-0.15, -0.1) is 0 Å². The fourth-order valence-corrected chi connectivity index (χ4v) is 1.58. The summed E-state index contributed by atoms with van der Waals surface area (Å²) in [6.45, 7) is 1.67. The Labute approximate surface area is 103 Å². The van der Waals surface area contributed by atoms with Crippen LogP contribution in [0.4, 0.5) is 5.69 Å². The summed E-state index contributed by atoms with van der Waals surface area (Å²) in [6.07, 6.45) is 1.41. The van der Waals surface area contributed by atoms with Gasteiger partial charge >= 0.3 is 5.97 Å². The first-order valence-corrected chi connectivity index (χ1v) is 5.27. The Morgan fingerprint density at radius 2 is 2.06 bits per heavy atom. The second-order valence-corrected chi connectivity index (χ2v) is 3.77. The first kappa shape index (κ1) is 11.9. The van der Waals surface area contributed by atoms with Gasteiger partial charge in [-0.05, 0) is 42.8 Å². The topological polar surface area (TPSA) is 79.5 Å². The van der Waals surface area contributed by atoms with Crippen LogP contribution in [0.15, 0.2) is 41.0 Å². The van der Waals surface area contributed by atoms with E-state index >= 15 is 0 Å². The molecule has 2 N–H and O–H groups in total. The van der Waals surface area contributed by atoms with E-state index in [9.17, 15) is 9.59 Å². The van der Waals surface area contributed by atoms with Crippen LogP contribution in [0.5, 0.6) is 0 Å². The molecule has 5 nitrogen and oxygen atoms in total. The maximum atomic E-state index is 11.7. The predicted octanol–water partition coefficient (Wildman–Crippen LogP) is 2.54. The van der Waals surface area contributed by atoms with Crippen molar-refractivity contribution >= 4 is 17.6 Å². The van der Waals surface area contributed by atoms with Crippen molar-refractivity contribution in [3.05, 3.63) is 53.5 Å². The lowest BCUT2D eigenvalue weighted by Crippen LogP contribution is -2.11. The number of carbonyl (C=O) groups is 2. The van der Waals surface area contributed by atoms with Crippen molar-refractivity contribution in [2.24, 2.45) is 0 Å². The molecule has 1 amide bonds. The number of aromatic carboxylic acids is 1. The van der Waals surface area contributed by atoms with Crippen LogP contribution in [-0.4, -0.2) is 17.0 Å². The first-order chi connectivity index (χ1) is 8.58. The van der Waals surface area contributed by atoms with E-state index in [-0.39, 0.29) is 17.2 Å². The Hall–Kier alpha value is -2.56. The Morgan fingerprint density at radius 3 is 2.61 bits per heavy atom. The molecule has 0 atom stereocenters. The highest BCUT2D eigenvalue weighted by Gasteiger charge is 2.11. The molecule has 5 heteroatoms. The van der Waals surface area contributed by atoms with Crippen LogP contribution in [0.25, 0.3) is 0 Å². The number of benzene rings is 1. The summed E-state index contributed by atoms with van der Waals surface area (Å²) in [5.41, 5.74) is 1.32. The van der Waals surface area contributed by atoms with Crippen LogP contribution in [0.3, 0.4) is 0 Å². The molecule has 2 rings (SSSR count). The van der Waals surface area contributed by atoms with E-state index in [4.69, 9.17) is 9.52 Å². The van der Waals surface area contributed by atoms with Crippen LogP contribution >= 0.6 is 0 Å². The summed E-state index contributed by atoms with van der Waals surface area (Å²) in [6, 6.07) is 7.76. The molecule has 0 unspecified atom stereocenters. The van der Waals surface area contributed by atoms with Gasteiger partial charge in [0.2, 0.25) is 0 Å². The van der Waals surface area contributed by atoms with Gasteiger partial charge in [0.1, 0.15) is 0 Å². The summed E-state index contributed by atoms with van der Waals surface area (Å²) in [5, 5.41) is 11.5. The van der Waals surface area contributed by atoms with Crippen molar-refractivity contribution in [1.82, 2.24) is 0 Å². The summed E-state index contributed by atoms with van der Waals surface area (Å²) < 4.78 is 4.95. The number of furan rings is 1. The van der Waals surface area contributed by atoms with E-state index in [0.29, 0.717) is 11.3 Å². The predicted molar refractivity (Wildman–Crippen MR) is 64.8 cm³/mol. The number of amides is 1. The highest BCUT2D eigenvalue weighted by Crippen LogP contribution is 2.16. The number of nitrogens with one attached hydrogen (secondary N) is 1. The molecule has 0 fully saturated rings. The number of rotatable bonds is 3. The average Bonchev–Trinajstić information content (AvgIpc) is 2.81.